The summed E-state index contributed by atoms with van der Waals surface area (Å²) in [6, 6.07) is 1.94. The van der Waals surface area contributed by atoms with Crippen LogP contribution in [0.25, 0.3) is 0 Å². The van der Waals surface area contributed by atoms with Crippen LogP contribution < -0.4 is 5.32 Å². The van der Waals surface area contributed by atoms with Crippen LogP contribution in [0.3, 0.4) is 0 Å². The highest BCUT2D eigenvalue weighted by Crippen LogP contribution is 2.36. The molecule has 1 aromatic heterocycles. The molecule has 2 atom stereocenters. The second-order valence-corrected chi connectivity index (χ2v) is 4.45. The van der Waals surface area contributed by atoms with Gasteiger partial charge in [-0.2, -0.15) is 0 Å². The highest BCUT2D eigenvalue weighted by Gasteiger charge is 2.24. The van der Waals surface area contributed by atoms with Gasteiger partial charge >= 0.3 is 0 Å². The predicted molar refractivity (Wildman–Crippen MR) is 62.0 cm³/mol. The smallest absolute Gasteiger partial charge is 0.133 e. The minimum Gasteiger partial charge on any atom is -0.370 e. The average molecular weight is 205 g/mol. The summed E-state index contributed by atoms with van der Waals surface area (Å²) >= 11 is 0. The van der Waals surface area contributed by atoms with Crippen LogP contribution in [0, 0.1) is 5.92 Å². The van der Waals surface area contributed by atoms with Gasteiger partial charge in [-0.3, -0.25) is 0 Å². The molecule has 0 spiro atoms. The molecule has 1 fully saturated rings. The summed E-state index contributed by atoms with van der Waals surface area (Å²) < 4.78 is 0. The fraction of sp³-hybridized carbons (Fsp3) is 0.667. The molecular formula is C12H19N3. The highest BCUT2D eigenvalue weighted by molar-refractivity contribution is 5.33. The van der Waals surface area contributed by atoms with Crippen molar-refractivity contribution in [1.82, 2.24) is 9.97 Å². The van der Waals surface area contributed by atoms with Crippen LogP contribution in [0.15, 0.2) is 12.3 Å². The molecule has 0 bridgehead atoms. The predicted octanol–water partition coefficient (Wildman–Crippen LogP) is 2.81. The molecule has 0 aromatic carbocycles. The Hall–Kier alpha value is -1.12. The molecule has 1 aliphatic rings. The quantitative estimate of drug-likeness (QED) is 0.824. The van der Waals surface area contributed by atoms with Gasteiger partial charge in [-0.05, 0) is 38.2 Å². The number of aromatic nitrogens is 2. The normalized spacial score (nSPS) is 25.5. The zero-order chi connectivity index (χ0) is 10.7. The third-order valence-electron chi connectivity index (χ3n) is 3.09. The lowest BCUT2D eigenvalue weighted by Crippen LogP contribution is -2.05. The van der Waals surface area contributed by atoms with E-state index in [1.54, 1.807) is 0 Å². The molecule has 1 aromatic rings. The molecule has 2 rings (SSSR count). The summed E-state index contributed by atoms with van der Waals surface area (Å²) in [6.07, 6.45) is 5.68. The number of nitrogens with zero attached hydrogens (tertiary/aromatic N) is 2. The monoisotopic (exact) mass is 205 g/mol. The fourth-order valence-corrected chi connectivity index (χ4v) is 2.29. The zero-order valence-electron chi connectivity index (χ0n) is 9.53. The highest BCUT2D eigenvalue weighted by atomic mass is 15.0. The minimum absolute atomic E-state index is 0.582. The van der Waals surface area contributed by atoms with Gasteiger partial charge in [0.25, 0.3) is 0 Å². The van der Waals surface area contributed by atoms with Gasteiger partial charge in [0.05, 0.1) is 0 Å². The van der Waals surface area contributed by atoms with Crippen molar-refractivity contribution in [3.8, 4) is 0 Å². The molecule has 3 heteroatoms. The third kappa shape index (κ3) is 2.46. The van der Waals surface area contributed by atoms with E-state index >= 15 is 0 Å². The van der Waals surface area contributed by atoms with Crippen LogP contribution in [-0.2, 0) is 0 Å². The van der Waals surface area contributed by atoms with Crippen LogP contribution >= 0.6 is 0 Å². The van der Waals surface area contributed by atoms with E-state index in [-0.39, 0.29) is 0 Å². The summed E-state index contributed by atoms with van der Waals surface area (Å²) in [5.41, 5.74) is 0. The third-order valence-corrected chi connectivity index (χ3v) is 3.09. The number of rotatable bonds is 3. The van der Waals surface area contributed by atoms with E-state index in [0.29, 0.717) is 5.92 Å². The Balaban J connectivity index is 2.10. The molecule has 1 saturated carbocycles. The maximum atomic E-state index is 4.56. The average Bonchev–Trinajstić information content (AvgIpc) is 2.66. The summed E-state index contributed by atoms with van der Waals surface area (Å²) in [6.45, 7) is 5.31. The first-order valence-electron chi connectivity index (χ1n) is 5.86. The summed E-state index contributed by atoms with van der Waals surface area (Å²) in [5.74, 6) is 3.40. The van der Waals surface area contributed by atoms with Crippen LogP contribution in [0.4, 0.5) is 5.82 Å². The van der Waals surface area contributed by atoms with Crippen molar-refractivity contribution in [2.45, 2.75) is 39.0 Å². The lowest BCUT2D eigenvalue weighted by molar-refractivity contribution is 0.585. The van der Waals surface area contributed by atoms with Crippen LogP contribution in [-0.4, -0.2) is 16.5 Å². The number of hydrogen-bond acceptors (Lipinski definition) is 3. The molecule has 0 radical (unpaired) electrons. The van der Waals surface area contributed by atoms with Gasteiger partial charge < -0.3 is 5.32 Å². The number of anilines is 1. The maximum absolute atomic E-state index is 4.56. The molecule has 0 aliphatic heterocycles. The maximum Gasteiger partial charge on any atom is 0.133 e. The van der Waals surface area contributed by atoms with Crippen molar-refractivity contribution < 1.29 is 0 Å². The van der Waals surface area contributed by atoms with Gasteiger partial charge in [-0.1, -0.05) is 6.92 Å². The van der Waals surface area contributed by atoms with Gasteiger partial charge in [-0.25, -0.2) is 9.97 Å². The van der Waals surface area contributed by atoms with E-state index in [1.165, 1.54) is 19.3 Å². The van der Waals surface area contributed by atoms with E-state index in [1.807, 2.05) is 12.3 Å². The topological polar surface area (TPSA) is 37.8 Å². The zero-order valence-corrected chi connectivity index (χ0v) is 9.53. The first kappa shape index (κ1) is 10.4. The molecule has 2 unspecified atom stereocenters. The van der Waals surface area contributed by atoms with E-state index in [2.05, 4.69) is 29.1 Å². The molecular weight excluding hydrogens is 186 g/mol. The summed E-state index contributed by atoms with van der Waals surface area (Å²) in [7, 11) is 0. The van der Waals surface area contributed by atoms with Crippen molar-refractivity contribution in [1.29, 1.82) is 0 Å². The lowest BCUT2D eigenvalue weighted by Gasteiger charge is -2.09. The minimum atomic E-state index is 0.582. The Kier molecular flexibility index (Phi) is 3.19. The van der Waals surface area contributed by atoms with Crippen LogP contribution in [0.5, 0.6) is 0 Å². The van der Waals surface area contributed by atoms with Gasteiger partial charge in [0.1, 0.15) is 11.6 Å². The first-order chi connectivity index (χ1) is 7.29. The van der Waals surface area contributed by atoms with E-state index < -0.39 is 0 Å². The summed E-state index contributed by atoms with van der Waals surface area (Å²) in [4.78, 5) is 8.94. The SMILES string of the molecule is CCNc1ccnc(C2CCC(C)C2)n1. The molecule has 82 valence electrons. The fourth-order valence-electron chi connectivity index (χ4n) is 2.29. The lowest BCUT2D eigenvalue weighted by atomic mass is 10.1. The van der Waals surface area contributed by atoms with Crippen molar-refractivity contribution in [3.05, 3.63) is 18.1 Å². The Morgan fingerprint density at radius 2 is 2.33 bits per heavy atom. The van der Waals surface area contributed by atoms with Gasteiger partial charge in [-0.15, -0.1) is 0 Å². The molecule has 1 aliphatic carbocycles. The Morgan fingerprint density at radius 1 is 1.47 bits per heavy atom. The Bertz CT molecular complexity index is 324. The molecule has 3 nitrogen and oxygen atoms in total. The second-order valence-electron chi connectivity index (χ2n) is 4.45. The second kappa shape index (κ2) is 4.60. The van der Waals surface area contributed by atoms with E-state index in [4.69, 9.17) is 0 Å². The van der Waals surface area contributed by atoms with Gasteiger partial charge in [0.15, 0.2) is 0 Å². The van der Waals surface area contributed by atoms with Gasteiger partial charge in [0, 0.05) is 18.7 Å². The first-order valence-corrected chi connectivity index (χ1v) is 5.86. The van der Waals surface area contributed by atoms with Crippen molar-refractivity contribution in [2.24, 2.45) is 5.92 Å². The Labute approximate surface area is 91.3 Å². The molecule has 15 heavy (non-hydrogen) atoms. The molecule has 1 N–H and O–H groups in total. The summed E-state index contributed by atoms with van der Waals surface area (Å²) in [5, 5.41) is 3.23. The van der Waals surface area contributed by atoms with Crippen molar-refractivity contribution in [2.75, 3.05) is 11.9 Å². The number of nitrogens with one attached hydrogen (secondary N) is 1. The number of hydrogen-bond donors (Lipinski definition) is 1. The van der Waals surface area contributed by atoms with Crippen molar-refractivity contribution >= 4 is 5.82 Å². The molecule has 1 heterocycles. The van der Waals surface area contributed by atoms with Crippen LogP contribution in [0.2, 0.25) is 0 Å². The van der Waals surface area contributed by atoms with Crippen LogP contribution in [0.1, 0.15) is 44.9 Å². The van der Waals surface area contributed by atoms with Gasteiger partial charge in [0.2, 0.25) is 0 Å². The van der Waals surface area contributed by atoms with E-state index in [9.17, 15) is 0 Å². The standard InChI is InChI=1S/C12H19N3/c1-3-13-11-6-7-14-12(15-11)10-5-4-9(2)8-10/h6-7,9-10H,3-5,8H2,1-2H3,(H,13,14,15). The largest absolute Gasteiger partial charge is 0.370 e. The Morgan fingerprint density at radius 3 is 3.00 bits per heavy atom. The molecule has 0 saturated heterocycles. The van der Waals surface area contributed by atoms with Crippen molar-refractivity contribution in [3.63, 3.8) is 0 Å². The van der Waals surface area contributed by atoms with E-state index in [0.717, 1.165) is 24.1 Å². The molecule has 0 amide bonds.